The summed E-state index contributed by atoms with van der Waals surface area (Å²) in [5.41, 5.74) is 0. The van der Waals surface area contributed by atoms with Crippen LogP contribution in [0.2, 0.25) is 0 Å². The molecule has 2 heterocycles. The van der Waals surface area contributed by atoms with Crippen molar-refractivity contribution in [2.75, 3.05) is 13.1 Å². The van der Waals surface area contributed by atoms with Gasteiger partial charge in [0.2, 0.25) is 0 Å². The molecule has 0 aliphatic carbocycles. The van der Waals surface area contributed by atoms with Crippen molar-refractivity contribution in [2.45, 2.75) is 12.1 Å². The van der Waals surface area contributed by atoms with Gasteiger partial charge in [-0.05, 0) is 0 Å². The Morgan fingerprint density at radius 2 is 2.29 bits per heavy atom. The predicted molar refractivity (Wildman–Crippen MR) is 44.7 cm³/mol. The molecule has 1 aliphatic rings. The van der Waals surface area contributed by atoms with Crippen LogP contribution < -0.4 is 0 Å². The fourth-order valence-electron chi connectivity index (χ4n) is 1.58. The van der Waals surface area contributed by atoms with Crippen LogP contribution in [-0.4, -0.2) is 55.4 Å². The zero-order valence-corrected chi connectivity index (χ0v) is 7.32. The Labute approximate surface area is 79.6 Å². The van der Waals surface area contributed by atoms with Gasteiger partial charge in [-0.25, -0.2) is 9.48 Å². The molecule has 1 amide bonds. The number of aromatic nitrogens is 3. The number of nitrogens with zero attached hydrogens (tertiary/aromatic N) is 4. The van der Waals surface area contributed by atoms with Gasteiger partial charge in [0.05, 0.1) is 24.9 Å². The maximum absolute atomic E-state index is 10.6. The molecule has 7 nitrogen and oxygen atoms in total. The number of likely N-dealkylation sites (tertiary alicyclic amines) is 1. The van der Waals surface area contributed by atoms with Gasteiger partial charge >= 0.3 is 6.09 Å². The second-order valence-corrected chi connectivity index (χ2v) is 3.21. The molecule has 2 rings (SSSR count). The number of amides is 1. The minimum atomic E-state index is -1.02. The van der Waals surface area contributed by atoms with E-state index in [9.17, 15) is 9.90 Å². The summed E-state index contributed by atoms with van der Waals surface area (Å²) in [6, 6.07) is -0.325. The van der Waals surface area contributed by atoms with E-state index in [-0.39, 0.29) is 19.1 Å². The van der Waals surface area contributed by atoms with Gasteiger partial charge in [-0.1, -0.05) is 5.21 Å². The minimum absolute atomic E-state index is 0.125. The molecule has 2 unspecified atom stereocenters. The quantitative estimate of drug-likeness (QED) is 0.614. The van der Waals surface area contributed by atoms with Crippen molar-refractivity contribution in [2.24, 2.45) is 0 Å². The zero-order chi connectivity index (χ0) is 10.1. The Bertz CT molecular complexity index is 326. The Morgan fingerprint density at radius 3 is 2.79 bits per heavy atom. The smallest absolute Gasteiger partial charge is 0.407 e. The van der Waals surface area contributed by atoms with Crippen molar-refractivity contribution in [3.05, 3.63) is 12.4 Å². The average molecular weight is 198 g/mol. The van der Waals surface area contributed by atoms with Crippen LogP contribution in [0.4, 0.5) is 4.79 Å². The van der Waals surface area contributed by atoms with Crippen molar-refractivity contribution in [1.82, 2.24) is 19.9 Å². The van der Waals surface area contributed by atoms with E-state index >= 15 is 0 Å². The maximum Gasteiger partial charge on any atom is 0.407 e. The highest BCUT2D eigenvalue weighted by atomic mass is 16.4. The number of rotatable bonds is 1. The topological polar surface area (TPSA) is 91.5 Å². The molecule has 14 heavy (non-hydrogen) atoms. The molecule has 76 valence electrons. The van der Waals surface area contributed by atoms with E-state index < -0.39 is 12.2 Å². The molecule has 1 aromatic rings. The normalized spacial score (nSPS) is 26.8. The Balaban J connectivity index is 2.12. The van der Waals surface area contributed by atoms with E-state index in [4.69, 9.17) is 5.11 Å². The highest BCUT2D eigenvalue weighted by molar-refractivity contribution is 5.65. The van der Waals surface area contributed by atoms with Crippen LogP contribution in [-0.2, 0) is 0 Å². The second kappa shape index (κ2) is 3.26. The third-order valence-corrected chi connectivity index (χ3v) is 2.31. The van der Waals surface area contributed by atoms with Gasteiger partial charge in [0.1, 0.15) is 0 Å². The molecular formula is C7H10N4O3. The largest absolute Gasteiger partial charge is 0.465 e. The highest BCUT2D eigenvalue weighted by Crippen LogP contribution is 2.20. The van der Waals surface area contributed by atoms with Gasteiger partial charge in [0.25, 0.3) is 0 Å². The lowest BCUT2D eigenvalue weighted by Gasteiger charge is -2.12. The lowest BCUT2D eigenvalue weighted by atomic mass is 10.2. The first-order valence-corrected chi connectivity index (χ1v) is 4.20. The standard InChI is InChI=1S/C7H10N4O3/c12-6-4-10(7(13)14)3-5(6)11-2-1-8-9-11/h1-2,5-6,12H,3-4H2,(H,13,14). The third-order valence-electron chi connectivity index (χ3n) is 2.31. The molecule has 0 bridgehead atoms. The third kappa shape index (κ3) is 1.41. The molecule has 7 heteroatoms. The van der Waals surface area contributed by atoms with Crippen LogP contribution in [0.5, 0.6) is 0 Å². The first-order valence-electron chi connectivity index (χ1n) is 4.20. The summed E-state index contributed by atoms with van der Waals surface area (Å²) in [6.07, 6.45) is 1.37. The number of hydrogen-bond donors (Lipinski definition) is 2. The van der Waals surface area contributed by atoms with Crippen LogP contribution in [0.1, 0.15) is 6.04 Å². The monoisotopic (exact) mass is 198 g/mol. The summed E-state index contributed by atoms with van der Waals surface area (Å²) in [5.74, 6) is 0. The lowest BCUT2D eigenvalue weighted by molar-refractivity contribution is 0.130. The van der Waals surface area contributed by atoms with Gasteiger partial charge in [-0.2, -0.15) is 0 Å². The van der Waals surface area contributed by atoms with Gasteiger partial charge in [-0.15, -0.1) is 5.10 Å². The number of carboxylic acid groups (broad SMARTS) is 1. The molecule has 0 aromatic carbocycles. The summed E-state index contributed by atoms with van der Waals surface area (Å²) in [7, 11) is 0. The molecule has 1 fully saturated rings. The molecule has 0 spiro atoms. The van der Waals surface area contributed by atoms with E-state index in [1.54, 1.807) is 6.20 Å². The summed E-state index contributed by atoms with van der Waals surface area (Å²) in [5, 5.41) is 25.6. The van der Waals surface area contributed by atoms with Gasteiger partial charge in [0.15, 0.2) is 0 Å². The highest BCUT2D eigenvalue weighted by Gasteiger charge is 2.35. The summed E-state index contributed by atoms with van der Waals surface area (Å²) >= 11 is 0. The molecule has 1 aliphatic heterocycles. The van der Waals surface area contributed by atoms with Crippen LogP contribution in [0.15, 0.2) is 12.4 Å². The van der Waals surface area contributed by atoms with E-state index in [1.807, 2.05) is 0 Å². The van der Waals surface area contributed by atoms with E-state index in [0.717, 1.165) is 4.90 Å². The molecule has 1 saturated heterocycles. The molecule has 0 saturated carbocycles. The molecule has 1 aromatic heterocycles. The van der Waals surface area contributed by atoms with E-state index in [2.05, 4.69) is 10.3 Å². The zero-order valence-electron chi connectivity index (χ0n) is 7.32. The van der Waals surface area contributed by atoms with Crippen LogP contribution in [0.3, 0.4) is 0 Å². The molecule has 2 N–H and O–H groups in total. The van der Waals surface area contributed by atoms with Crippen molar-refractivity contribution in [1.29, 1.82) is 0 Å². The maximum atomic E-state index is 10.6. The lowest BCUT2D eigenvalue weighted by Crippen LogP contribution is -2.27. The predicted octanol–water partition coefficient (Wildman–Crippen LogP) is -0.826. The van der Waals surface area contributed by atoms with Crippen LogP contribution in [0, 0.1) is 0 Å². The van der Waals surface area contributed by atoms with Gasteiger partial charge in [-0.3, -0.25) is 0 Å². The number of aliphatic hydroxyl groups is 1. The van der Waals surface area contributed by atoms with Crippen molar-refractivity contribution >= 4 is 6.09 Å². The fourth-order valence-corrected chi connectivity index (χ4v) is 1.58. The minimum Gasteiger partial charge on any atom is -0.465 e. The average Bonchev–Trinajstić information content (AvgIpc) is 2.71. The SMILES string of the molecule is O=C(O)N1CC(O)C(n2ccnn2)C1. The molecular weight excluding hydrogens is 188 g/mol. The number of β-amino-alcohol motifs (C(OH)–C–C–N with tert-alkyl or cyclic N) is 1. The second-order valence-electron chi connectivity index (χ2n) is 3.21. The number of carbonyl (C=O) groups is 1. The first kappa shape index (κ1) is 8.95. The summed E-state index contributed by atoms with van der Waals surface area (Å²) in [4.78, 5) is 11.8. The van der Waals surface area contributed by atoms with E-state index in [0.29, 0.717) is 0 Å². The van der Waals surface area contributed by atoms with Crippen molar-refractivity contribution < 1.29 is 15.0 Å². The molecule has 2 atom stereocenters. The van der Waals surface area contributed by atoms with Gasteiger partial charge < -0.3 is 15.1 Å². The van der Waals surface area contributed by atoms with Crippen LogP contribution >= 0.6 is 0 Å². The first-order chi connectivity index (χ1) is 6.68. The molecule has 0 radical (unpaired) electrons. The summed E-state index contributed by atoms with van der Waals surface area (Å²) in [6.45, 7) is 0.375. The van der Waals surface area contributed by atoms with Crippen molar-refractivity contribution in [3.8, 4) is 0 Å². The van der Waals surface area contributed by atoms with Gasteiger partial charge in [0, 0.05) is 12.7 Å². The van der Waals surface area contributed by atoms with Crippen molar-refractivity contribution in [3.63, 3.8) is 0 Å². The number of aliphatic hydroxyl groups excluding tert-OH is 1. The number of hydrogen-bond acceptors (Lipinski definition) is 4. The Morgan fingerprint density at radius 1 is 1.50 bits per heavy atom. The summed E-state index contributed by atoms with van der Waals surface area (Å²) < 4.78 is 1.48. The van der Waals surface area contributed by atoms with Crippen LogP contribution in [0.25, 0.3) is 0 Å². The fraction of sp³-hybridized carbons (Fsp3) is 0.571. The Hall–Kier alpha value is -1.63. The van der Waals surface area contributed by atoms with E-state index in [1.165, 1.54) is 10.9 Å². The Kier molecular flexibility index (Phi) is 2.08.